The highest BCUT2D eigenvalue weighted by Gasteiger charge is 2.12. The highest BCUT2D eigenvalue weighted by Crippen LogP contribution is 2.14. The van der Waals surface area contributed by atoms with Gasteiger partial charge in [0.25, 0.3) is 0 Å². The Bertz CT molecular complexity index is 394. The van der Waals surface area contributed by atoms with Gasteiger partial charge in [-0.2, -0.15) is 0 Å². The molecule has 0 radical (unpaired) electrons. The number of hydrogen-bond donors (Lipinski definition) is 0. The van der Waals surface area contributed by atoms with E-state index < -0.39 is 0 Å². The van der Waals surface area contributed by atoms with Gasteiger partial charge >= 0.3 is 0 Å². The molecule has 0 aliphatic carbocycles. The van der Waals surface area contributed by atoms with E-state index in [4.69, 9.17) is 0 Å². The topological polar surface area (TPSA) is 34.1 Å². The molecular formula is C15H20O2. The van der Waals surface area contributed by atoms with Crippen LogP contribution in [0.1, 0.15) is 66.7 Å². The highest BCUT2D eigenvalue weighted by atomic mass is 16.1. The lowest BCUT2D eigenvalue weighted by Crippen LogP contribution is -2.06. The van der Waals surface area contributed by atoms with Gasteiger partial charge in [-0.25, -0.2) is 0 Å². The molecule has 0 heterocycles. The van der Waals surface area contributed by atoms with E-state index in [1.807, 2.05) is 6.07 Å². The Kier molecular flexibility index (Phi) is 5.61. The van der Waals surface area contributed by atoms with Crippen molar-refractivity contribution < 1.29 is 9.59 Å². The fraction of sp³-hybridized carbons (Fsp3) is 0.467. The molecule has 0 saturated carbocycles. The van der Waals surface area contributed by atoms with Crippen LogP contribution in [-0.2, 0) is 0 Å². The van der Waals surface area contributed by atoms with E-state index in [0.29, 0.717) is 17.5 Å². The van der Waals surface area contributed by atoms with Crippen LogP contribution in [0.2, 0.25) is 0 Å². The van der Waals surface area contributed by atoms with E-state index in [0.717, 1.165) is 19.3 Å². The van der Waals surface area contributed by atoms with Crippen molar-refractivity contribution in [2.45, 2.75) is 46.0 Å². The Morgan fingerprint density at radius 2 is 1.65 bits per heavy atom. The molecule has 1 aromatic rings. The number of carbonyl (C=O) groups excluding carboxylic acids is 2. The van der Waals surface area contributed by atoms with Crippen molar-refractivity contribution in [3.05, 3.63) is 35.4 Å². The zero-order valence-electron chi connectivity index (χ0n) is 10.7. The maximum Gasteiger partial charge on any atom is 0.163 e. The third kappa shape index (κ3) is 4.14. The van der Waals surface area contributed by atoms with Crippen LogP contribution in [0.5, 0.6) is 0 Å². The molecule has 0 spiro atoms. The standard InChI is InChI=1S/C15H20O2/c1-3-4-5-6-11-15(17)14-10-8-7-9-13(14)12(2)16/h7-10H,3-6,11H2,1-2H3. The third-order valence-corrected chi connectivity index (χ3v) is 2.86. The molecule has 0 N–H and O–H groups in total. The van der Waals surface area contributed by atoms with Crippen LogP contribution in [0.3, 0.4) is 0 Å². The molecule has 2 nitrogen and oxygen atoms in total. The summed E-state index contributed by atoms with van der Waals surface area (Å²) in [6.45, 7) is 3.65. The van der Waals surface area contributed by atoms with Gasteiger partial charge in [-0.1, -0.05) is 50.5 Å². The van der Waals surface area contributed by atoms with Gasteiger partial charge in [0.1, 0.15) is 0 Å². The lowest BCUT2D eigenvalue weighted by atomic mass is 9.97. The normalized spacial score (nSPS) is 10.2. The van der Waals surface area contributed by atoms with Crippen molar-refractivity contribution >= 4 is 11.6 Å². The summed E-state index contributed by atoms with van der Waals surface area (Å²) in [4.78, 5) is 23.4. The van der Waals surface area contributed by atoms with Crippen LogP contribution in [0.25, 0.3) is 0 Å². The highest BCUT2D eigenvalue weighted by molar-refractivity contribution is 6.07. The number of unbranched alkanes of at least 4 members (excludes halogenated alkanes) is 3. The molecule has 0 bridgehead atoms. The van der Waals surface area contributed by atoms with Crippen molar-refractivity contribution in [2.75, 3.05) is 0 Å². The summed E-state index contributed by atoms with van der Waals surface area (Å²) in [7, 11) is 0. The molecule has 0 unspecified atom stereocenters. The lowest BCUT2D eigenvalue weighted by Gasteiger charge is -2.05. The Balaban J connectivity index is 2.65. The van der Waals surface area contributed by atoms with Gasteiger partial charge in [0.2, 0.25) is 0 Å². The van der Waals surface area contributed by atoms with Gasteiger partial charge < -0.3 is 0 Å². The molecule has 1 rings (SSSR count). The maximum absolute atomic E-state index is 12.0. The molecule has 17 heavy (non-hydrogen) atoms. The number of Topliss-reactive ketones (excluding diaryl/α,β-unsaturated/α-hetero) is 2. The summed E-state index contributed by atoms with van der Waals surface area (Å²) >= 11 is 0. The maximum atomic E-state index is 12.0. The molecule has 0 amide bonds. The minimum absolute atomic E-state index is 0.0393. The first kappa shape index (κ1) is 13.6. The van der Waals surface area contributed by atoms with E-state index in [1.165, 1.54) is 13.3 Å². The Morgan fingerprint density at radius 3 is 2.24 bits per heavy atom. The van der Waals surface area contributed by atoms with Crippen molar-refractivity contribution in [3.8, 4) is 0 Å². The molecule has 0 fully saturated rings. The summed E-state index contributed by atoms with van der Waals surface area (Å²) in [5.41, 5.74) is 1.13. The second-order valence-corrected chi connectivity index (χ2v) is 4.34. The predicted molar refractivity (Wildman–Crippen MR) is 69.5 cm³/mol. The SMILES string of the molecule is CCCCCCC(=O)c1ccccc1C(C)=O. The number of hydrogen-bond acceptors (Lipinski definition) is 2. The predicted octanol–water partition coefficient (Wildman–Crippen LogP) is 4.04. The van der Waals surface area contributed by atoms with Gasteiger partial charge in [-0.15, -0.1) is 0 Å². The number of rotatable bonds is 7. The molecule has 0 aliphatic heterocycles. The van der Waals surface area contributed by atoms with E-state index in [1.54, 1.807) is 18.2 Å². The second kappa shape index (κ2) is 7.00. The van der Waals surface area contributed by atoms with Gasteiger partial charge in [0.15, 0.2) is 11.6 Å². The molecule has 0 aliphatic rings. The fourth-order valence-electron chi connectivity index (χ4n) is 1.88. The summed E-state index contributed by atoms with van der Waals surface area (Å²) in [5.74, 6) is 0.0504. The molecule has 0 saturated heterocycles. The minimum atomic E-state index is -0.0393. The fourth-order valence-corrected chi connectivity index (χ4v) is 1.88. The van der Waals surface area contributed by atoms with Crippen LogP contribution >= 0.6 is 0 Å². The summed E-state index contributed by atoms with van der Waals surface area (Å²) in [6, 6.07) is 7.08. The number of benzene rings is 1. The Labute approximate surface area is 103 Å². The number of ketones is 2. The quantitative estimate of drug-likeness (QED) is 0.525. The van der Waals surface area contributed by atoms with E-state index in [9.17, 15) is 9.59 Å². The molecule has 2 heteroatoms. The first-order valence-corrected chi connectivity index (χ1v) is 6.30. The lowest BCUT2D eigenvalue weighted by molar-refractivity contribution is 0.0959. The van der Waals surface area contributed by atoms with E-state index in [-0.39, 0.29) is 11.6 Å². The summed E-state index contributed by atoms with van der Waals surface area (Å²) < 4.78 is 0. The van der Waals surface area contributed by atoms with Gasteiger partial charge in [0, 0.05) is 17.5 Å². The van der Waals surface area contributed by atoms with E-state index in [2.05, 4.69) is 6.92 Å². The number of carbonyl (C=O) groups is 2. The molecular weight excluding hydrogens is 212 g/mol. The zero-order chi connectivity index (χ0) is 12.7. The summed E-state index contributed by atoms with van der Waals surface area (Å²) in [5, 5.41) is 0. The van der Waals surface area contributed by atoms with Gasteiger partial charge in [0.05, 0.1) is 0 Å². The van der Waals surface area contributed by atoms with E-state index >= 15 is 0 Å². The zero-order valence-corrected chi connectivity index (χ0v) is 10.7. The third-order valence-electron chi connectivity index (χ3n) is 2.86. The second-order valence-electron chi connectivity index (χ2n) is 4.34. The Hall–Kier alpha value is -1.44. The average Bonchev–Trinajstić information content (AvgIpc) is 2.34. The monoisotopic (exact) mass is 232 g/mol. The molecule has 0 atom stereocenters. The van der Waals surface area contributed by atoms with Crippen LogP contribution < -0.4 is 0 Å². The largest absolute Gasteiger partial charge is 0.294 e. The van der Waals surface area contributed by atoms with Crippen molar-refractivity contribution in [2.24, 2.45) is 0 Å². The van der Waals surface area contributed by atoms with Gasteiger partial charge in [-0.05, 0) is 13.3 Å². The van der Waals surface area contributed by atoms with Gasteiger partial charge in [-0.3, -0.25) is 9.59 Å². The van der Waals surface area contributed by atoms with Crippen molar-refractivity contribution in [1.29, 1.82) is 0 Å². The van der Waals surface area contributed by atoms with Crippen molar-refractivity contribution in [3.63, 3.8) is 0 Å². The van der Waals surface area contributed by atoms with Crippen LogP contribution in [0, 0.1) is 0 Å². The smallest absolute Gasteiger partial charge is 0.163 e. The first-order chi connectivity index (χ1) is 8.16. The molecule has 92 valence electrons. The Morgan fingerprint density at radius 1 is 1.00 bits per heavy atom. The first-order valence-electron chi connectivity index (χ1n) is 6.30. The molecule has 0 aromatic heterocycles. The van der Waals surface area contributed by atoms with Crippen LogP contribution in [0.4, 0.5) is 0 Å². The minimum Gasteiger partial charge on any atom is -0.294 e. The molecule has 1 aromatic carbocycles. The summed E-state index contributed by atoms with van der Waals surface area (Å²) in [6.07, 6.45) is 4.88. The average molecular weight is 232 g/mol. The van der Waals surface area contributed by atoms with Crippen molar-refractivity contribution in [1.82, 2.24) is 0 Å². The van der Waals surface area contributed by atoms with Crippen LogP contribution in [0.15, 0.2) is 24.3 Å². The van der Waals surface area contributed by atoms with Crippen LogP contribution in [-0.4, -0.2) is 11.6 Å².